The maximum Gasteiger partial charge on any atom is 0.412 e. The lowest BCUT2D eigenvalue weighted by Crippen LogP contribution is -2.41. The first-order chi connectivity index (χ1) is 10.4. The van der Waals surface area contributed by atoms with Gasteiger partial charge in [-0.25, -0.2) is 9.78 Å². The van der Waals surface area contributed by atoms with E-state index in [1.54, 1.807) is 26.8 Å². The van der Waals surface area contributed by atoms with E-state index in [1.807, 2.05) is 27.0 Å². The van der Waals surface area contributed by atoms with E-state index in [9.17, 15) is 9.59 Å². The van der Waals surface area contributed by atoms with Crippen molar-refractivity contribution in [2.24, 2.45) is 0 Å². The second kappa shape index (κ2) is 7.21. The molecule has 0 spiro atoms. The van der Waals surface area contributed by atoms with E-state index in [0.29, 0.717) is 16.3 Å². The van der Waals surface area contributed by atoms with Crippen molar-refractivity contribution in [3.05, 3.63) is 18.0 Å². The van der Waals surface area contributed by atoms with Crippen molar-refractivity contribution in [3.63, 3.8) is 0 Å². The molecule has 0 fully saturated rings. The summed E-state index contributed by atoms with van der Waals surface area (Å²) in [5.74, 6) is -0.245. The van der Waals surface area contributed by atoms with Crippen molar-refractivity contribution in [2.45, 2.75) is 57.6 Å². The highest BCUT2D eigenvalue weighted by Gasteiger charge is 2.20. The number of hydrogen-bond acceptors (Lipinski definition) is 5. The molecule has 2 N–H and O–H groups in total. The average molecular weight is 339 g/mol. The van der Waals surface area contributed by atoms with Gasteiger partial charge in [0.15, 0.2) is 0 Å². The van der Waals surface area contributed by atoms with Crippen LogP contribution >= 0.6 is 11.8 Å². The van der Waals surface area contributed by atoms with E-state index in [2.05, 4.69) is 15.6 Å². The number of aromatic nitrogens is 1. The SMILES string of the molecule is CSc1cc(NC(=O)OC(C)(C)C)cnc1C(=O)NC(C)(C)C. The maximum atomic E-state index is 12.3. The van der Waals surface area contributed by atoms with Gasteiger partial charge in [-0.1, -0.05) is 0 Å². The smallest absolute Gasteiger partial charge is 0.412 e. The lowest BCUT2D eigenvalue weighted by molar-refractivity contribution is 0.0635. The van der Waals surface area contributed by atoms with Crippen molar-refractivity contribution in [1.82, 2.24) is 10.3 Å². The third-order valence-electron chi connectivity index (χ3n) is 2.42. The third-order valence-corrected chi connectivity index (χ3v) is 3.17. The Morgan fingerprint density at radius 2 is 1.78 bits per heavy atom. The van der Waals surface area contributed by atoms with E-state index in [1.165, 1.54) is 18.0 Å². The van der Waals surface area contributed by atoms with Crippen molar-refractivity contribution in [3.8, 4) is 0 Å². The summed E-state index contributed by atoms with van der Waals surface area (Å²) >= 11 is 1.39. The van der Waals surface area contributed by atoms with Crippen LogP contribution in [-0.2, 0) is 4.74 Å². The van der Waals surface area contributed by atoms with Gasteiger partial charge in [0.05, 0.1) is 11.9 Å². The predicted octanol–water partition coefficient (Wildman–Crippen LogP) is 3.68. The molecule has 0 saturated heterocycles. The molecule has 0 aliphatic rings. The summed E-state index contributed by atoms with van der Waals surface area (Å²) in [5.41, 5.74) is -0.105. The Kier molecular flexibility index (Phi) is 6.04. The summed E-state index contributed by atoms with van der Waals surface area (Å²) < 4.78 is 5.19. The van der Waals surface area contributed by atoms with Crippen LogP contribution in [0.2, 0.25) is 0 Å². The summed E-state index contributed by atoms with van der Waals surface area (Å²) in [7, 11) is 0. The molecule has 128 valence electrons. The highest BCUT2D eigenvalue weighted by atomic mass is 32.2. The molecule has 2 amide bonds. The average Bonchev–Trinajstić information content (AvgIpc) is 2.33. The van der Waals surface area contributed by atoms with Gasteiger partial charge in [0.25, 0.3) is 5.91 Å². The highest BCUT2D eigenvalue weighted by Crippen LogP contribution is 2.23. The van der Waals surface area contributed by atoms with Crippen LogP contribution in [0, 0.1) is 0 Å². The molecule has 0 aromatic carbocycles. The number of thioether (sulfide) groups is 1. The molecule has 0 aliphatic heterocycles. The Morgan fingerprint density at radius 3 is 2.26 bits per heavy atom. The Balaban J connectivity index is 2.92. The molecule has 7 heteroatoms. The van der Waals surface area contributed by atoms with Crippen LogP contribution in [0.5, 0.6) is 0 Å². The topological polar surface area (TPSA) is 80.3 Å². The second-order valence-electron chi connectivity index (χ2n) is 7.11. The zero-order valence-electron chi connectivity index (χ0n) is 14.7. The predicted molar refractivity (Wildman–Crippen MR) is 93.1 cm³/mol. The molecular weight excluding hydrogens is 314 g/mol. The minimum Gasteiger partial charge on any atom is -0.444 e. The lowest BCUT2D eigenvalue weighted by Gasteiger charge is -2.21. The third kappa shape index (κ3) is 6.90. The monoisotopic (exact) mass is 339 g/mol. The van der Waals surface area contributed by atoms with E-state index >= 15 is 0 Å². The van der Waals surface area contributed by atoms with E-state index in [-0.39, 0.29) is 11.4 Å². The first-order valence-electron chi connectivity index (χ1n) is 7.28. The zero-order chi connectivity index (χ0) is 17.8. The summed E-state index contributed by atoms with van der Waals surface area (Å²) in [5, 5.41) is 5.49. The molecule has 0 radical (unpaired) electrons. The number of amides is 2. The molecule has 1 aromatic rings. The number of rotatable bonds is 3. The normalized spacial score (nSPS) is 11.8. The fraction of sp³-hybridized carbons (Fsp3) is 0.562. The van der Waals surface area contributed by atoms with Crippen LogP contribution < -0.4 is 10.6 Å². The summed E-state index contributed by atoms with van der Waals surface area (Å²) in [6, 6.07) is 1.71. The highest BCUT2D eigenvalue weighted by molar-refractivity contribution is 7.98. The molecule has 1 aromatic heterocycles. The molecule has 6 nitrogen and oxygen atoms in total. The standard InChI is InChI=1S/C16H25N3O3S/c1-15(2,3)19-13(20)12-11(23-7)8-10(9-17-12)18-14(21)22-16(4,5)6/h8-9H,1-7H3,(H,18,21)(H,19,20). The van der Waals surface area contributed by atoms with Crippen LogP contribution in [0.3, 0.4) is 0 Å². The van der Waals surface area contributed by atoms with Crippen molar-refractivity contribution in [1.29, 1.82) is 0 Å². The molecule has 0 bridgehead atoms. The number of ether oxygens (including phenoxy) is 1. The first-order valence-corrected chi connectivity index (χ1v) is 8.50. The van der Waals surface area contributed by atoms with Crippen molar-refractivity contribution >= 4 is 29.4 Å². The van der Waals surface area contributed by atoms with Gasteiger partial charge in [-0.3, -0.25) is 10.1 Å². The number of pyridine rings is 1. The number of carbonyl (C=O) groups excluding carboxylic acids is 2. The van der Waals surface area contributed by atoms with Gasteiger partial charge in [-0.05, 0) is 53.9 Å². The molecular formula is C16H25N3O3S. The Morgan fingerprint density at radius 1 is 1.17 bits per heavy atom. The van der Waals surface area contributed by atoms with Crippen LogP contribution in [-0.4, -0.2) is 34.4 Å². The maximum absolute atomic E-state index is 12.3. The van der Waals surface area contributed by atoms with Crippen LogP contribution in [0.1, 0.15) is 52.0 Å². The van der Waals surface area contributed by atoms with E-state index in [0.717, 1.165) is 0 Å². The number of carbonyl (C=O) groups is 2. The number of nitrogens with zero attached hydrogens (tertiary/aromatic N) is 1. The van der Waals surface area contributed by atoms with Crippen molar-refractivity contribution in [2.75, 3.05) is 11.6 Å². The number of hydrogen-bond donors (Lipinski definition) is 2. The van der Waals surface area contributed by atoms with Gasteiger partial charge in [0.2, 0.25) is 0 Å². The van der Waals surface area contributed by atoms with E-state index in [4.69, 9.17) is 4.74 Å². The van der Waals surface area contributed by atoms with Gasteiger partial charge >= 0.3 is 6.09 Å². The van der Waals surface area contributed by atoms with Crippen LogP contribution in [0.4, 0.5) is 10.5 Å². The largest absolute Gasteiger partial charge is 0.444 e. The van der Waals surface area contributed by atoms with Gasteiger partial charge in [0, 0.05) is 10.4 Å². The Bertz CT molecular complexity index is 589. The number of nitrogens with one attached hydrogen (secondary N) is 2. The fourth-order valence-corrected chi connectivity index (χ4v) is 2.24. The minimum absolute atomic E-state index is 0.245. The number of anilines is 1. The summed E-state index contributed by atoms with van der Waals surface area (Å²) in [6.45, 7) is 11.1. The molecule has 0 aliphatic carbocycles. The quantitative estimate of drug-likeness (QED) is 0.821. The summed E-state index contributed by atoms with van der Waals surface area (Å²) in [6.07, 6.45) is 2.74. The van der Waals surface area contributed by atoms with Gasteiger partial charge < -0.3 is 10.1 Å². The molecule has 1 heterocycles. The van der Waals surface area contributed by atoms with Crippen molar-refractivity contribution < 1.29 is 14.3 Å². The Hall–Kier alpha value is -1.76. The second-order valence-corrected chi connectivity index (χ2v) is 7.95. The zero-order valence-corrected chi connectivity index (χ0v) is 15.6. The van der Waals surface area contributed by atoms with Crippen LogP contribution in [0.15, 0.2) is 17.2 Å². The molecule has 1 rings (SSSR count). The molecule has 0 atom stereocenters. The molecule has 23 heavy (non-hydrogen) atoms. The van der Waals surface area contributed by atoms with Crippen LogP contribution in [0.25, 0.3) is 0 Å². The van der Waals surface area contributed by atoms with Gasteiger partial charge in [0.1, 0.15) is 11.3 Å². The minimum atomic E-state index is -0.577. The Labute approximate surface area is 141 Å². The first kappa shape index (κ1) is 19.3. The van der Waals surface area contributed by atoms with Gasteiger partial charge in [-0.15, -0.1) is 11.8 Å². The molecule has 0 unspecified atom stereocenters. The molecule has 0 saturated carbocycles. The summed E-state index contributed by atoms with van der Waals surface area (Å²) in [4.78, 5) is 28.9. The van der Waals surface area contributed by atoms with Gasteiger partial charge in [-0.2, -0.15) is 0 Å². The lowest BCUT2D eigenvalue weighted by atomic mass is 10.1. The fourth-order valence-electron chi connectivity index (χ4n) is 1.66. The van der Waals surface area contributed by atoms with E-state index < -0.39 is 11.7 Å².